The van der Waals surface area contributed by atoms with Gasteiger partial charge < -0.3 is 10.5 Å². The molecule has 2 N–H and O–H groups in total. The van der Waals surface area contributed by atoms with E-state index in [9.17, 15) is 13.2 Å². The quantitative estimate of drug-likeness (QED) is 0.803. The van der Waals surface area contributed by atoms with Gasteiger partial charge in [-0.25, -0.2) is 0 Å². The summed E-state index contributed by atoms with van der Waals surface area (Å²) in [7, 11) is 1.31. The van der Waals surface area contributed by atoms with E-state index in [1.165, 1.54) is 25.3 Å². The van der Waals surface area contributed by atoms with Crippen LogP contribution in [-0.2, 0) is 0 Å². The molecule has 2 nitrogen and oxygen atoms in total. The Hall–Kier alpha value is -1.23. The van der Waals surface area contributed by atoms with Gasteiger partial charge in [-0.15, -0.1) is 0 Å². The molecule has 5 heteroatoms. The van der Waals surface area contributed by atoms with Crippen molar-refractivity contribution in [2.24, 2.45) is 5.73 Å². The van der Waals surface area contributed by atoms with E-state index < -0.39 is 12.2 Å². The molecule has 0 aliphatic rings. The van der Waals surface area contributed by atoms with Gasteiger partial charge in [-0.05, 0) is 6.07 Å². The number of methoxy groups -OCH3 is 1. The first-order valence-electron chi connectivity index (χ1n) is 3.92. The highest BCUT2D eigenvalue weighted by atomic mass is 19.4. The molecule has 0 spiro atoms. The number of hydrogen-bond acceptors (Lipinski definition) is 2. The molecule has 0 saturated heterocycles. The van der Waals surface area contributed by atoms with Crippen LogP contribution < -0.4 is 10.5 Å². The second-order valence-electron chi connectivity index (χ2n) is 2.76. The predicted octanol–water partition coefficient (Wildman–Crippen LogP) is 2.26. The van der Waals surface area contributed by atoms with Crippen LogP contribution >= 0.6 is 0 Å². The normalized spacial score (nSPS) is 13.8. The van der Waals surface area contributed by atoms with Crippen LogP contribution in [0.1, 0.15) is 11.6 Å². The molecule has 1 rings (SSSR count). The number of benzene rings is 1. The van der Waals surface area contributed by atoms with E-state index >= 15 is 0 Å². The summed E-state index contributed by atoms with van der Waals surface area (Å²) < 4.78 is 41.6. The first-order chi connectivity index (χ1) is 6.46. The van der Waals surface area contributed by atoms with Crippen LogP contribution in [0.25, 0.3) is 0 Å². The maximum Gasteiger partial charge on any atom is 0.407 e. The fraction of sp³-hybridized carbons (Fsp3) is 0.333. The van der Waals surface area contributed by atoms with E-state index in [4.69, 9.17) is 10.5 Å². The third-order valence-electron chi connectivity index (χ3n) is 1.83. The molecule has 0 bridgehead atoms. The van der Waals surface area contributed by atoms with Gasteiger partial charge in [0, 0.05) is 5.56 Å². The largest absolute Gasteiger partial charge is 0.496 e. The molecule has 1 aromatic carbocycles. The van der Waals surface area contributed by atoms with E-state index in [-0.39, 0.29) is 11.3 Å². The average molecular weight is 205 g/mol. The van der Waals surface area contributed by atoms with Gasteiger partial charge in [0.15, 0.2) is 0 Å². The number of alkyl halides is 3. The first kappa shape index (κ1) is 10.8. The molecule has 14 heavy (non-hydrogen) atoms. The summed E-state index contributed by atoms with van der Waals surface area (Å²) in [6.07, 6.45) is -4.45. The zero-order chi connectivity index (χ0) is 10.8. The van der Waals surface area contributed by atoms with Gasteiger partial charge in [0.25, 0.3) is 0 Å². The molecule has 0 fully saturated rings. The molecule has 0 aliphatic heterocycles. The molecular formula is C9H10F3NO. The summed E-state index contributed by atoms with van der Waals surface area (Å²) >= 11 is 0. The lowest BCUT2D eigenvalue weighted by Crippen LogP contribution is -2.28. The Balaban J connectivity index is 3.06. The molecule has 1 atom stereocenters. The molecule has 78 valence electrons. The third-order valence-corrected chi connectivity index (χ3v) is 1.83. The maximum atomic E-state index is 12.3. The summed E-state index contributed by atoms with van der Waals surface area (Å²) in [5.41, 5.74) is 4.99. The van der Waals surface area contributed by atoms with Crippen molar-refractivity contribution in [3.05, 3.63) is 29.8 Å². The summed E-state index contributed by atoms with van der Waals surface area (Å²) in [6.45, 7) is 0. The Morgan fingerprint density at radius 2 is 1.86 bits per heavy atom. The number of halogens is 3. The Labute approximate surface area is 79.5 Å². The smallest absolute Gasteiger partial charge is 0.407 e. The number of nitrogens with two attached hydrogens (primary N) is 1. The number of rotatable bonds is 2. The average Bonchev–Trinajstić information content (AvgIpc) is 2.15. The summed E-state index contributed by atoms with van der Waals surface area (Å²) in [6, 6.07) is 3.82. The van der Waals surface area contributed by atoms with E-state index in [1.807, 2.05) is 0 Å². The summed E-state index contributed by atoms with van der Waals surface area (Å²) in [5, 5.41) is 0. The Bertz CT molecular complexity index is 311. The van der Waals surface area contributed by atoms with Gasteiger partial charge in [-0.2, -0.15) is 13.2 Å². The zero-order valence-electron chi connectivity index (χ0n) is 7.51. The fourth-order valence-electron chi connectivity index (χ4n) is 1.10. The van der Waals surface area contributed by atoms with Crippen molar-refractivity contribution in [2.45, 2.75) is 12.2 Å². The van der Waals surface area contributed by atoms with Crippen molar-refractivity contribution in [2.75, 3.05) is 7.11 Å². The third kappa shape index (κ3) is 2.17. The Morgan fingerprint density at radius 1 is 1.29 bits per heavy atom. The van der Waals surface area contributed by atoms with Crippen LogP contribution in [0.5, 0.6) is 5.75 Å². The minimum Gasteiger partial charge on any atom is -0.496 e. The Morgan fingerprint density at radius 3 is 2.36 bits per heavy atom. The van der Waals surface area contributed by atoms with Crippen LogP contribution in [0, 0.1) is 0 Å². The molecule has 0 heterocycles. The van der Waals surface area contributed by atoms with Crippen LogP contribution in [0.4, 0.5) is 13.2 Å². The topological polar surface area (TPSA) is 35.2 Å². The second-order valence-corrected chi connectivity index (χ2v) is 2.76. The summed E-state index contributed by atoms with van der Waals surface area (Å²) in [5.74, 6) is 0.150. The van der Waals surface area contributed by atoms with Crippen LogP contribution in [0.3, 0.4) is 0 Å². The molecule has 0 aliphatic carbocycles. The lowest BCUT2D eigenvalue weighted by molar-refractivity contribution is -0.149. The van der Waals surface area contributed by atoms with Crippen LogP contribution in [-0.4, -0.2) is 13.3 Å². The summed E-state index contributed by atoms with van der Waals surface area (Å²) in [4.78, 5) is 0. The number of ether oxygens (including phenoxy) is 1. The monoisotopic (exact) mass is 205 g/mol. The molecular weight excluding hydrogens is 195 g/mol. The Kier molecular flexibility index (Phi) is 3.00. The molecule has 0 radical (unpaired) electrons. The SMILES string of the molecule is COc1ccccc1C(N)C(F)(F)F. The highest BCUT2D eigenvalue weighted by molar-refractivity contribution is 5.36. The minimum atomic E-state index is -4.45. The highest BCUT2D eigenvalue weighted by Crippen LogP contribution is 2.34. The molecule has 0 amide bonds. The van der Waals surface area contributed by atoms with Gasteiger partial charge in [0.2, 0.25) is 0 Å². The fourth-order valence-corrected chi connectivity index (χ4v) is 1.10. The van der Waals surface area contributed by atoms with Crippen molar-refractivity contribution in [3.63, 3.8) is 0 Å². The zero-order valence-corrected chi connectivity index (χ0v) is 7.51. The first-order valence-corrected chi connectivity index (χ1v) is 3.92. The van der Waals surface area contributed by atoms with Crippen molar-refractivity contribution >= 4 is 0 Å². The van der Waals surface area contributed by atoms with Crippen molar-refractivity contribution in [3.8, 4) is 5.75 Å². The van der Waals surface area contributed by atoms with E-state index in [1.54, 1.807) is 6.07 Å². The molecule has 0 saturated carbocycles. The van der Waals surface area contributed by atoms with Gasteiger partial charge in [-0.1, -0.05) is 18.2 Å². The van der Waals surface area contributed by atoms with Gasteiger partial charge in [0.05, 0.1) is 7.11 Å². The van der Waals surface area contributed by atoms with Crippen LogP contribution in [0.15, 0.2) is 24.3 Å². The second kappa shape index (κ2) is 3.88. The highest BCUT2D eigenvalue weighted by Gasteiger charge is 2.39. The number of hydrogen-bond donors (Lipinski definition) is 1. The van der Waals surface area contributed by atoms with E-state index in [0.29, 0.717) is 0 Å². The molecule has 1 unspecified atom stereocenters. The van der Waals surface area contributed by atoms with Gasteiger partial charge >= 0.3 is 6.18 Å². The van der Waals surface area contributed by atoms with Gasteiger partial charge in [0.1, 0.15) is 11.8 Å². The minimum absolute atomic E-state index is 0.0532. The molecule has 1 aromatic rings. The van der Waals surface area contributed by atoms with Crippen molar-refractivity contribution < 1.29 is 17.9 Å². The number of para-hydroxylation sites is 1. The van der Waals surface area contributed by atoms with E-state index in [0.717, 1.165) is 0 Å². The van der Waals surface area contributed by atoms with Gasteiger partial charge in [-0.3, -0.25) is 0 Å². The van der Waals surface area contributed by atoms with Crippen molar-refractivity contribution in [1.29, 1.82) is 0 Å². The lowest BCUT2D eigenvalue weighted by Gasteiger charge is -2.18. The maximum absolute atomic E-state index is 12.3. The lowest BCUT2D eigenvalue weighted by atomic mass is 10.1. The van der Waals surface area contributed by atoms with Crippen LogP contribution in [0.2, 0.25) is 0 Å². The predicted molar refractivity (Wildman–Crippen MR) is 46.0 cm³/mol. The van der Waals surface area contributed by atoms with Crippen molar-refractivity contribution in [1.82, 2.24) is 0 Å². The standard InChI is InChI=1S/C9H10F3NO/c1-14-7-5-3-2-4-6(7)8(13)9(10,11)12/h2-5,8H,13H2,1H3. The van der Waals surface area contributed by atoms with E-state index in [2.05, 4.69) is 0 Å². The molecule has 0 aromatic heterocycles.